The van der Waals surface area contributed by atoms with Gasteiger partial charge in [-0.15, -0.1) is 0 Å². The number of ether oxygens (including phenoxy) is 1. The summed E-state index contributed by atoms with van der Waals surface area (Å²) in [4.78, 5) is 24.3. The van der Waals surface area contributed by atoms with Crippen LogP contribution in [0.1, 0.15) is 81.5 Å². The van der Waals surface area contributed by atoms with Crippen molar-refractivity contribution in [1.82, 2.24) is 0 Å². The van der Waals surface area contributed by atoms with E-state index >= 15 is 0 Å². The maximum atomic E-state index is 12.4. The van der Waals surface area contributed by atoms with Gasteiger partial charge in [0.2, 0.25) is 11.8 Å². The zero-order valence-electron chi connectivity index (χ0n) is 22.1. The highest BCUT2D eigenvalue weighted by Crippen LogP contribution is 2.52. The Morgan fingerprint density at radius 2 is 1.51 bits per heavy atom. The average molecular weight is 527 g/mol. The van der Waals surface area contributed by atoms with Crippen LogP contribution in [0, 0.1) is 0 Å². The van der Waals surface area contributed by atoms with Gasteiger partial charge in [0.25, 0.3) is 0 Å². The van der Waals surface area contributed by atoms with Crippen LogP contribution in [0.25, 0.3) is 21.5 Å². The molecule has 0 aromatic heterocycles. The smallest absolute Gasteiger partial charge is 0.249 e. The first-order chi connectivity index (χ1) is 18.9. The molecule has 0 bridgehead atoms. The molecule has 1 heterocycles. The highest BCUT2D eigenvalue weighted by molar-refractivity contribution is 6.04. The van der Waals surface area contributed by atoms with Crippen molar-refractivity contribution in [2.45, 2.75) is 51.4 Å². The van der Waals surface area contributed by atoms with E-state index in [0.717, 1.165) is 75.4 Å². The zero-order chi connectivity index (χ0) is 27.7. The van der Waals surface area contributed by atoms with E-state index < -0.39 is 11.8 Å². The molecule has 1 aliphatic heterocycles. The Labute approximate surface area is 227 Å². The molecule has 0 aliphatic carbocycles. The van der Waals surface area contributed by atoms with E-state index in [9.17, 15) is 19.8 Å². The van der Waals surface area contributed by atoms with Gasteiger partial charge >= 0.3 is 0 Å². The Bertz CT molecular complexity index is 1590. The molecule has 0 fully saturated rings. The molecule has 5 rings (SSSR count). The lowest BCUT2D eigenvalue weighted by atomic mass is 9.77. The number of aliphatic hydroxyl groups excluding tert-OH is 2. The van der Waals surface area contributed by atoms with E-state index in [2.05, 4.69) is 6.92 Å². The van der Waals surface area contributed by atoms with Crippen LogP contribution < -0.4 is 16.2 Å². The summed E-state index contributed by atoms with van der Waals surface area (Å²) in [6.45, 7) is 1.91. The highest BCUT2D eigenvalue weighted by atomic mass is 16.5. The van der Waals surface area contributed by atoms with Crippen LogP contribution in [0.5, 0.6) is 11.5 Å². The normalized spacial score (nSPS) is 14.2. The summed E-state index contributed by atoms with van der Waals surface area (Å²) in [6.07, 6.45) is 4.60. The summed E-state index contributed by atoms with van der Waals surface area (Å²) in [5.74, 6) is 0.453. The number of amides is 2. The molecular weight excluding hydrogens is 492 g/mol. The minimum Gasteiger partial charge on any atom is -0.457 e. The first kappa shape index (κ1) is 26.7. The molecule has 4 aromatic carbocycles. The van der Waals surface area contributed by atoms with E-state index in [1.54, 1.807) is 12.1 Å². The first-order valence-electron chi connectivity index (χ1n) is 13.6. The SMILES string of the molecule is CCCCCC1c2c(ccc3cc(C(N)=O)ccc23)Oc2ccc3cc(C(N)=O)c(CCO)c(CCO)c3c21. The average Bonchev–Trinajstić information content (AvgIpc) is 2.92. The van der Waals surface area contributed by atoms with E-state index in [1.807, 2.05) is 36.4 Å². The van der Waals surface area contributed by atoms with Gasteiger partial charge in [-0.25, -0.2) is 0 Å². The van der Waals surface area contributed by atoms with Crippen molar-refractivity contribution in [1.29, 1.82) is 0 Å². The van der Waals surface area contributed by atoms with Crippen molar-refractivity contribution in [3.63, 3.8) is 0 Å². The fourth-order valence-electron chi connectivity index (χ4n) is 6.16. The van der Waals surface area contributed by atoms with Crippen molar-refractivity contribution < 1.29 is 24.5 Å². The van der Waals surface area contributed by atoms with Gasteiger partial charge in [-0.3, -0.25) is 9.59 Å². The monoisotopic (exact) mass is 526 g/mol. The summed E-state index contributed by atoms with van der Waals surface area (Å²) >= 11 is 0. The van der Waals surface area contributed by atoms with Gasteiger partial charge in [0, 0.05) is 41.4 Å². The summed E-state index contributed by atoms with van der Waals surface area (Å²) in [5.41, 5.74) is 15.7. The van der Waals surface area contributed by atoms with E-state index in [4.69, 9.17) is 16.2 Å². The number of carbonyl (C=O) groups excluding carboxylic acids is 2. The summed E-state index contributed by atoms with van der Waals surface area (Å²) in [5, 5.41) is 23.6. The molecule has 7 heteroatoms. The number of nitrogens with two attached hydrogens (primary N) is 2. The number of rotatable bonds is 10. The summed E-state index contributed by atoms with van der Waals surface area (Å²) in [7, 11) is 0. The first-order valence-corrected chi connectivity index (χ1v) is 13.6. The number of benzene rings is 4. The number of primary amides is 2. The second kappa shape index (κ2) is 11.0. The summed E-state index contributed by atoms with van der Waals surface area (Å²) < 4.78 is 6.52. The molecule has 1 unspecified atom stereocenters. The molecule has 1 aliphatic rings. The van der Waals surface area contributed by atoms with E-state index in [0.29, 0.717) is 23.1 Å². The fourth-order valence-corrected chi connectivity index (χ4v) is 6.16. The molecular formula is C32H34N2O5. The van der Waals surface area contributed by atoms with E-state index in [1.165, 1.54) is 0 Å². The molecule has 7 nitrogen and oxygen atoms in total. The van der Waals surface area contributed by atoms with Gasteiger partial charge in [0.05, 0.1) is 0 Å². The largest absolute Gasteiger partial charge is 0.457 e. The molecule has 39 heavy (non-hydrogen) atoms. The van der Waals surface area contributed by atoms with Crippen LogP contribution in [0.3, 0.4) is 0 Å². The van der Waals surface area contributed by atoms with Gasteiger partial charge in [-0.05, 0) is 82.3 Å². The lowest BCUT2D eigenvalue weighted by Gasteiger charge is -2.32. The minimum absolute atomic E-state index is 0.0269. The second-order valence-electron chi connectivity index (χ2n) is 10.2. The lowest BCUT2D eigenvalue weighted by Crippen LogP contribution is -2.18. The molecule has 0 spiro atoms. The van der Waals surface area contributed by atoms with Crippen LogP contribution in [-0.2, 0) is 12.8 Å². The molecule has 1 atom stereocenters. The highest BCUT2D eigenvalue weighted by Gasteiger charge is 2.32. The number of hydrogen-bond donors (Lipinski definition) is 4. The number of hydrogen-bond acceptors (Lipinski definition) is 5. The van der Waals surface area contributed by atoms with Gasteiger partial charge in [-0.2, -0.15) is 0 Å². The Morgan fingerprint density at radius 3 is 2.18 bits per heavy atom. The number of unbranched alkanes of at least 4 members (excludes halogenated alkanes) is 2. The van der Waals surface area contributed by atoms with Crippen LogP contribution >= 0.6 is 0 Å². The Morgan fingerprint density at radius 1 is 0.821 bits per heavy atom. The molecule has 0 radical (unpaired) electrons. The third-order valence-electron chi connectivity index (χ3n) is 7.84. The van der Waals surface area contributed by atoms with Crippen molar-refractivity contribution in [2.24, 2.45) is 11.5 Å². The maximum absolute atomic E-state index is 12.4. The molecule has 4 aromatic rings. The molecule has 202 valence electrons. The Kier molecular flexibility index (Phi) is 7.55. The van der Waals surface area contributed by atoms with Crippen LogP contribution in [0.15, 0.2) is 48.5 Å². The molecule has 0 saturated heterocycles. The molecule has 2 amide bonds. The number of carbonyl (C=O) groups is 2. The third-order valence-corrected chi connectivity index (χ3v) is 7.84. The lowest BCUT2D eigenvalue weighted by molar-refractivity contribution is 0.0991. The topological polar surface area (TPSA) is 136 Å². The predicted octanol–water partition coefficient (Wildman–Crippen LogP) is 5.08. The number of fused-ring (bicyclic) bond motifs is 6. The van der Waals surface area contributed by atoms with E-state index in [-0.39, 0.29) is 25.6 Å². The van der Waals surface area contributed by atoms with Gasteiger partial charge in [-0.1, -0.05) is 44.4 Å². The van der Waals surface area contributed by atoms with Crippen LogP contribution in [-0.4, -0.2) is 35.2 Å². The van der Waals surface area contributed by atoms with Crippen molar-refractivity contribution in [2.75, 3.05) is 13.2 Å². The fraction of sp³-hybridized carbons (Fsp3) is 0.312. The quantitative estimate of drug-likeness (QED) is 0.214. The van der Waals surface area contributed by atoms with Crippen LogP contribution in [0.2, 0.25) is 0 Å². The van der Waals surface area contributed by atoms with Crippen molar-refractivity contribution >= 4 is 33.4 Å². The number of aliphatic hydroxyl groups is 2. The van der Waals surface area contributed by atoms with Gasteiger partial charge < -0.3 is 26.4 Å². The van der Waals surface area contributed by atoms with Gasteiger partial charge in [0.15, 0.2) is 0 Å². The third kappa shape index (κ3) is 4.73. The van der Waals surface area contributed by atoms with Gasteiger partial charge in [0.1, 0.15) is 11.5 Å². The Hall–Kier alpha value is -3.94. The molecule has 0 saturated carbocycles. The summed E-state index contributed by atoms with van der Waals surface area (Å²) in [6, 6.07) is 15.1. The Balaban J connectivity index is 1.84. The van der Waals surface area contributed by atoms with Crippen LogP contribution in [0.4, 0.5) is 0 Å². The molecule has 6 N–H and O–H groups in total. The van der Waals surface area contributed by atoms with Crippen molar-refractivity contribution in [3.8, 4) is 11.5 Å². The zero-order valence-corrected chi connectivity index (χ0v) is 22.1. The minimum atomic E-state index is -0.561. The maximum Gasteiger partial charge on any atom is 0.249 e. The predicted molar refractivity (Wildman–Crippen MR) is 153 cm³/mol. The standard InChI is InChI=1S/C32H34N2O5/c1-2-3-4-5-24-29-21-9-6-20(31(33)37)16-18(21)7-10-26(29)39-27-11-8-19-17-25(32(34)38)22(12-14-35)23(13-15-36)28(19)30(24)27/h6-11,16-17,24,35-36H,2-5,12-15H2,1H3,(H2,33,37)(H2,34,38). The van der Waals surface area contributed by atoms with Crippen molar-refractivity contribution in [3.05, 3.63) is 81.9 Å². The second-order valence-corrected chi connectivity index (χ2v) is 10.2.